The zero-order chi connectivity index (χ0) is 26.7. The van der Waals surface area contributed by atoms with E-state index in [1.165, 1.54) is 11.1 Å². The number of amides is 1. The van der Waals surface area contributed by atoms with E-state index in [1.807, 2.05) is 24.3 Å². The lowest BCUT2D eigenvalue weighted by atomic mass is 9.73. The molecule has 3 aromatic carbocycles. The minimum atomic E-state index is -0.268. The number of nitriles is 1. The Morgan fingerprint density at radius 1 is 1.00 bits per heavy atom. The molecule has 5 rings (SSSR count). The monoisotopic (exact) mass is 548 g/mol. The Balaban J connectivity index is 1.44. The second kappa shape index (κ2) is 11.4. The van der Waals surface area contributed by atoms with Crippen molar-refractivity contribution < 1.29 is 9.90 Å². The summed E-state index contributed by atoms with van der Waals surface area (Å²) in [6.07, 6.45) is 2.58. The van der Waals surface area contributed by atoms with Crippen LogP contribution in [0.5, 0.6) is 0 Å². The van der Waals surface area contributed by atoms with Gasteiger partial charge in [-0.25, -0.2) is 0 Å². The normalized spacial score (nSPS) is 17.1. The number of fused-ring (bicyclic) bond motifs is 2. The number of anilines is 1. The molecule has 1 amide bonds. The first kappa shape index (κ1) is 26.7. The molecule has 0 bridgehead atoms. The average molecular weight is 550 g/mol. The summed E-state index contributed by atoms with van der Waals surface area (Å²) in [5, 5.41) is 22.7. The van der Waals surface area contributed by atoms with Crippen molar-refractivity contribution in [2.45, 2.75) is 24.8 Å². The lowest BCUT2D eigenvalue weighted by molar-refractivity contribution is -0.120. The highest BCUT2D eigenvalue weighted by Crippen LogP contribution is 2.44. The fourth-order valence-electron chi connectivity index (χ4n) is 5.95. The standard InChI is InChI=1S/C30H30Cl2N4O2/c31-25-16-26(32)18-27(17-25)34-29(38)20-36-9-6-24-15-23(22-3-1-2-21(14-22)19-33)4-5-28(24)30(36)7-10-35(11-8-30)12-13-37/h1-5,14-18,37H,6-13,20H2,(H,34,38). The topological polar surface area (TPSA) is 79.6 Å². The maximum Gasteiger partial charge on any atom is 0.238 e. The number of nitrogens with one attached hydrogen (secondary N) is 1. The molecule has 38 heavy (non-hydrogen) atoms. The molecule has 196 valence electrons. The zero-order valence-corrected chi connectivity index (χ0v) is 22.6. The summed E-state index contributed by atoms with van der Waals surface area (Å²) in [4.78, 5) is 17.8. The molecule has 1 saturated heterocycles. The Hall–Kier alpha value is -2.92. The molecular weight excluding hydrogens is 519 g/mol. The predicted octanol–water partition coefficient (Wildman–Crippen LogP) is 5.31. The Kier molecular flexibility index (Phi) is 8.04. The maximum atomic E-state index is 13.2. The number of nitrogens with zero attached hydrogens (tertiary/aromatic N) is 3. The van der Waals surface area contributed by atoms with Crippen molar-refractivity contribution in [1.29, 1.82) is 5.26 Å². The van der Waals surface area contributed by atoms with Gasteiger partial charge in [0.15, 0.2) is 0 Å². The van der Waals surface area contributed by atoms with Gasteiger partial charge in [-0.15, -0.1) is 0 Å². The van der Waals surface area contributed by atoms with Crippen molar-refractivity contribution in [3.8, 4) is 17.2 Å². The van der Waals surface area contributed by atoms with E-state index < -0.39 is 0 Å². The molecule has 6 nitrogen and oxygen atoms in total. The Morgan fingerprint density at radius 3 is 2.45 bits per heavy atom. The van der Waals surface area contributed by atoms with Gasteiger partial charge in [-0.1, -0.05) is 53.5 Å². The van der Waals surface area contributed by atoms with Gasteiger partial charge >= 0.3 is 0 Å². The second-order valence-electron chi connectivity index (χ2n) is 10.0. The van der Waals surface area contributed by atoms with Gasteiger partial charge in [-0.2, -0.15) is 5.26 Å². The molecule has 0 aromatic heterocycles. The lowest BCUT2D eigenvalue weighted by Gasteiger charge is -2.52. The number of benzene rings is 3. The van der Waals surface area contributed by atoms with Gasteiger partial charge in [-0.3, -0.25) is 9.69 Å². The number of piperidine rings is 1. The van der Waals surface area contributed by atoms with E-state index in [1.54, 1.807) is 18.2 Å². The molecule has 0 unspecified atom stereocenters. The largest absolute Gasteiger partial charge is 0.395 e. The van der Waals surface area contributed by atoms with E-state index in [0.29, 0.717) is 27.8 Å². The first-order chi connectivity index (χ1) is 18.4. The van der Waals surface area contributed by atoms with Gasteiger partial charge in [0, 0.05) is 47.5 Å². The van der Waals surface area contributed by atoms with Crippen LogP contribution in [0.1, 0.15) is 29.5 Å². The maximum absolute atomic E-state index is 13.2. The first-order valence-electron chi connectivity index (χ1n) is 12.9. The molecule has 0 saturated carbocycles. The summed E-state index contributed by atoms with van der Waals surface area (Å²) in [7, 11) is 0. The predicted molar refractivity (Wildman–Crippen MR) is 151 cm³/mol. The van der Waals surface area contributed by atoms with Crippen molar-refractivity contribution in [2.75, 3.05) is 44.6 Å². The molecule has 2 heterocycles. The van der Waals surface area contributed by atoms with Crippen LogP contribution in [0.3, 0.4) is 0 Å². The van der Waals surface area contributed by atoms with Crippen LogP contribution in [0.15, 0.2) is 60.7 Å². The van der Waals surface area contributed by atoms with Crippen LogP contribution in [0, 0.1) is 11.3 Å². The van der Waals surface area contributed by atoms with Crippen molar-refractivity contribution in [1.82, 2.24) is 9.80 Å². The minimum Gasteiger partial charge on any atom is -0.395 e. The highest BCUT2D eigenvalue weighted by Gasteiger charge is 2.45. The summed E-state index contributed by atoms with van der Waals surface area (Å²) >= 11 is 12.3. The fourth-order valence-corrected chi connectivity index (χ4v) is 6.47. The van der Waals surface area contributed by atoms with E-state index >= 15 is 0 Å². The number of carbonyl (C=O) groups excluding carboxylic acids is 1. The van der Waals surface area contributed by atoms with Gasteiger partial charge in [0.1, 0.15) is 0 Å². The molecule has 8 heteroatoms. The molecule has 0 aliphatic carbocycles. The van der Waals surface area contributed by atoms with E-state index in [9.17, 15) is 15.2 Å². The number of carbonyl (C=O) groups is 1. The summed E-state index contributed by atoms with van der Waals surface area (Å²) in [5.41, 5.74) is 5.64. The molecular formula is C30H30Cl2N4O2. The highest BCUT2D eigenvalue weighted by atomic mass is 35.5. The number of aliphatic hydroxyl groups is 1. The molecule has 1 spiro atoms. The van der Waals surface area contributed by atoms with Crippen LogP contribution in [-0.4, -0.2) is 60.1 Å². The number of β-amino-alcohol motifs (C(OH)–C–C–N with tert-alkyl or cyclic N) is 1. The second-order valence-corrected chi connectivity index (χ2v) is 10.9. The average Bonchev–Trinajstić information content (AvgIpc) is 2.91. The Labute approximate surface area is 233 Å². The van der Waals surface area contributed by atoms with Crippen LogP contribution in [-0.2, 0) is 16.8 Å². The Morgan fingerprint density at radius 2 is 1.74 bits per heavy atom. The minimum absolute atomic E-state index is 0.103. The number of likely N-dealkylation sites (tertiary alicyclic amines) is 1. The smallest absolute Gasteiger partial charge is 0.238 e. The summed E-state index contributed by atoms with van der Waals surface area (Å²) in [6.45, 7) is 3.53. The van der Waals surface area contributed by atoms with Crippen LogP contribution in [0.2, 0.25) is 10.0 Å². The molecule has 1 fully saturated rings. The highest BCUT2D eigenvalue weighted by molar-refractivity contribution is 6.35. The van der Waals surface area contributed by atoms with Crippen LogP contribution < -0.4 is 5.32 Å². The molecule has 2 aliphatic rings. The van der Waals surface area contributed by atoms with Crippen molar-refractivity contribution in [3.05, 3.63) is 87.4 Å². The third-order valence-corrected chi connectivity index (χ3v) is 8.20. The third-order valence-electron chi connectivity index (χ3n) is 7.77. The zero-order valence-electron chi connectivity index (χ0n) is 21.1. The van der Waals surface area contributed by atoms with E-state index in [4.69, 9.17) is 23.2 Å². The van der Waals surface area contributed by atoms with Gasteiger partial charge in [0.25, 0.3) is 0 Å². The fraction of sp³-hybridized carbons (Fsp3) is 0.333. The van der Waals surface area contributed by atoms with E-state index in [0.717, 1.165) is 50.0 Å². The summed E-state index contributed by atoms with van der Waals surface area (Å²) in [5.74, 6) is -0.103. The van der Waals surface area contributed by atoms with Gasteiger partial charge in [0.2, 0.25) is 5.91 Å². The summed E-state index contributed by atoms with van der Waals surface area (Å²) in [6, 6.07) is 21.5. The third kappa shape index (κ3) is 5.58. The molecule has 3 aromatic rings. The number of aliphatic hydroxyl groups excluding tert-OH is 1. The number of rotatable bonds is 6. The molecule has 0 radical (unpaired) electrons. The van der Waals surface area contributed by atoms with E-state index in [-0.39, 0.29) is 24.6 Å². The quantitative estimate of drug-likeness (QED) is 0.436. The first-order valence-corrected chi connectivity index (χ1v) is 13.6. The van der Waals surface area contributed by atoms with E-state index in [2.05, 4.69) is 39.4 Å². The molecule has 2 N–H and O–H groups in total. The van der Waals surface area contributed by atoms with Crippen molar-refractivity contribution in [2.24, 2.45) is 0 Å². The number of hydrogen-bond acceptors (Lipinski definition) is 5. The molecule has 0 atom stereocenters. The van der Waals surface area contributed by atoms with Crippen LogP contribution in [0.4, 0.5) is 5.69 Å². The van der Waals surface area contributed by atoms with Crippen LogP contribution >= 0.6 is 23.2 Å². The lowest BCUT2D eigenvalue weighted by Crippen LogP contribution is -2.58. The van der Waals surface area contributed by atoms with Gasteiger partial charge in [0.05, 0.1) is 24.8 Å². The number of hydrogen-bond donors (Lipinski definition) is 2. The summed E-state index contributed by atoms with van der Waals surface area (Å²) < 4.78 is 0. The Bertz CT molecular complexity index is 1360. The molecule has 2 aliphatic heterocycles. The van der Waals surface area contributed by atoms with Crippen LogP contribution in [0.25, 0.3) is 11.1 Å². The van der Waals surface area contributed by atoms with Crippen molar-refractivity contribution >= 4 is 34.8 Å². The van der Waals surface area contributed by atoms with Gasteiger partial charge in [-0.05, 0) is 71.8 Å². The SMILES string of the molecule is N#Cc1cccc(-c2ccc3c(c2)CCN(CC(=O)Nc2cc(Cl)cc(Cl)c2)C32CCN(CCO)CC2)c1. The van der Waals surface area contributed by atoms with Crippen molar-refractivity contribution in [3.63, 3.8) is 0 Å². The van der Waals surface area contributed by atoms with Gasteiger partial charge < -0.3 is 15.3 Å². The number of halogens is 2.